The van der Waals surface area contributed by atoms with Gasteiger partial charge >= 0.3 is 0 Å². The third-order valence-electron chi connectivity index (χ3n) is 2.42. The lowest BCUT2D eigenvalue weighted by atomic mass is 10.1. The van der Waals surface area contributed by atoms with E-state index >= 15 is 0 Å². The van der Waals surface area contributed by atoms with Crippen LogP contribution in [0.15, 0.2) is 12.1 Å². The van der Waals surface area contributed by atoms with Gasteiger partial charge in [0, 0.05) is 0 Å². The van der Waals surface area contributed by atoms with Gasteiger partial charge in [-0.1, -0.05) is 6.07 Å². The van der Waals surface area contributed by atoms with Crippen molar-refractivity contribution in [2.24, 2.45) is 0 Å². The normalized spacial score (nSPS) is 14.1. The molecule has 2 rings (SSSR count). The zero-order valence-corrected chi connectivity index (χ0v) is 8.50. The fraction of sp³-hybridized carbons (Fsp3) is 0.455. The van der Waals surface area contributed by atoms with Crippen LogP contribution in [0.2, 0.25) is 0 Å². The lowest BCUT2D eigenvalue weighted by molar-refractivity contribution is 0.261. The van der Waals surface area contributed by atoms with E-state index in [2.05, 4.69) is 0 Å². The maximum atomic E-state index is 5.58. The van der Waals surface area contributed by atoms with E-state index in [1.54, 1.807) is 14.2 Å². The molecule has 0 radical (unpaired) electrons. The topological polar surface area (TPSA) is 27.7 Å². The summed E-state index contributed by atoms with van der Waals surface area (Å²) in [5.74, 6) is 2.29. The molecule has 0 aromatic heterocycles. The zero-order chi connectivity index (χ0) is 9.97. The number of fused-ring (bicyclic) bond motifs is 1. The number of rotatable bonds is 2. The molecule has 0 amide bonds. The van der Waals surface area contributed by atoms with Crippen molar-refractivity contribution in [2.45, 2.75) is 12.8 Å². The van der Waals surface area contributed by atoms with Gasteiger partial charge in [0.15, 0.2) is 11.5 Å². The van der Waals surface area contributed by atoms with Crippen molar-refractivity contribution in [3.63, 3.8) is 0 Å². The molecule has 0 unspecified atom stereocenters. The van der Waals surface area contributed by atoms with Crippen LogP contribution in [0.25, 0.3) is 0 Å². The molecule has 0 N–H and O–H groups in total. The molecule has 1 heterocycles. The van der Waals surface area contributed by atoms with Crippen LogP contribution in [-0.2, 0) is 6.42 Å². The molecule has 1 aliphatic rings. The first kappa shape index (κ1) is 9.19. The molecule has 14 heavy (non-hydrogen) atoms. The van der Waals surface area contributed by atoms with Gasteiger partial charge < -0.3 is 14.2 Å². The first-order valence-electron chi connectivity index (χ1n) is 4.73. The van der Waals surface area contributed by atoms with Crippen molar-refractivity contribution in [3.05, 3.63) is 17.7 Å². The van der Waals surface area contributed by atoms with Crippen molar-refractivity contribution in [3.8, 4) is 17.2 Å². The van der Waals surface area contributed by atoms with E-state index in [1.807, 2.05) is 12.1 Å². The van der Waals surface area contributed by atoms with E-state index in [4.69, 9.17) is 14.2 Å². The van der Waals surface area contributed by atoms with Crippen molar-refractivity contribution >= 4 is 0 Å². The number of benzene rings is 1. The van der Waals surface area contributed by atoms with Gasteiger partial charge in [-0.2, -0.15) is 0 Å². The summed E-state index contributed by atoms with van der Waals surface area (Å²) in [6.45, 7) is 0.760. The Morgan fingerprint density at radius 2 is 2.07 bits per heavy atom. The Labute approximate surface area is 83.6 Å². The first-order chi connectivity index (χ1) is 6.86. The average Bonchev–Trinajstić information content (AvgIpc) is 2.27. The van der Waals surface area contributed by atoms with Crippen LogP contribution in [0.5, 0.6) is 17.2 Å². The molecule has 0 fully saturated rings. The molecule has 0 bridgehead atoms. The largest absolute Gasteiger partial charge is 0.493 e. The second kappa shape index (κ2) is 3.78. The summed E-state index contributed by atoms with van der Waals surface area (Å²) in [6.07, 6.45) is 2.12. The van der Waals surface area contributed by atoms with Gasteiger partial charge in [0.2, 0.25) is 5.75 Å². The molecule has 1 aliphatic heterocycles. The summed E-state index contributed by atoms with van der Waals surface area (Å²) in [5.41, 5.74) is 1.20. The van der Waals surface area contributed by atoms with Gasteiger partial charge in [0.05, 0.1) is 20.8 Å². The van der Waals surface area contributed by atoms with Crippen molar-refractivity contribution < 1.29 is 14.2 Å². The van der Waals surface area contributed by atoms with Crippen molar-refractivity contribution in [2.75, 3.05) is 20.8 Å². The highest BCUT2D eigenvalue weighted by molar-refractivity contribution is 5.56. The summed E-state index contributed by atoms with van der Waals surface area (Å²) in [5, 5.41) is 0. The summed E-state index contributed by atoms with van der Waals surface area (Å²) < 4.78 is 16.1. The van der Waals surface area contributed by atoms with E-state index in [0.717, 1.165) is 30.9 Å². The fourth-order valence-electron chi connectivity index (χ4n) is 1.73. The monoisotopic (exact) mass is 194 g/mol. The molecule has 3 heteroatoms. The highest BCUT2D eigenvalue weighted by Gasteiger charge is 2.18. The Balaban J connectivity index is 2.50. The third-order valence-corrected chi connectivity index (χ3v) is 2.42. The molecule has 3 nitrogen and oxygen atoms in total. The number of aryl methyl sites for hydroxylation is 1. The quantitative estimate of drug-likeness (QED) is 0.721. The highest BCUT2D eigenvalue weighted by atomic mass is 16.5. The number of hydrogen-bond acceptors (Lipinski definition) is 3. The molecule has 1 aromatic rings. The van der Waals surface area contributed by atoms with Crippen LogP contribution < -0.4 is 14.2 Å². The summed E-state index contributed by atoms with van der Waals surface area (Å²) >= 11 is 0. The molecular formula is C11H14O3. The SMILES string of the molecule is COc1ccc2c(c1OC)OCCC2. The molecule has 0 aliphatic carbocycles. The van der Waals surface area contributed by atoms with Gasteiger partial charge in [-0.25, -0.2) is 0 Å². The van der Waals surface area contributed by atoms with Crippen LogP contribution in [0, 0.1) is 0 Å². The van der Waals surface area contributed by atoms with Gasteiger partial charge in [-0.3, -0.25) is 0 Å². The molecule has 1 aromatic carbocycles. The Hall–Kier alpha value is -1.38. The lowest BCUT2D eigenvalue weighted by Gasteiger charge is -2.20. The van der Waals surface area contributed by atoms with Crippen LogP contribution >= 0.6 is 0 Å². The zero-order valence-electron chi connectivity index (χ0n) is 8.50. The maximum Gasteiger partial charge on any atom is 0.203 e. The predicted octanol–water partition coefficient (Wildman–Crippen LogP) is 2.03. The van der Waals surface area contributed by atoms with E-state index in [0.29, 0.717) is 5.75 Å². The molecule has 76 valence electrons. The Morgan fingerprint density at radius 3 is 2.79 bits per heavy atom. The highest BCUT2D eigenvalue weighted by Crippen LogP contribution is 2.41. The fourth-order valence-corrected chi connectivity index (χ4v) is 1.73. The molecule has 0 saturated heterocycles. The van der Waals surface area contributed by atoms with Crippen LogP contribution in [0.3, 0.4) is 0 Å². The minimum Gasteiger partial charge on any atom is -0.493 e. The number of methoxy groups -OCH3 is 2. The second-order valence-corrected chi connectivity index (χ2v) is 3.24. The average molecular weight is 194 g/mol. The van der Waals surface area contributed by atoms with Gasteiger partial charge in [-0.15, -0.1) is 0 Å². The smallest absolute Gasteiger partial charge is 0.203 e. The van der Waals surface area contributed by atoms with E-state index in [-0.39, 0.29) is 0 Å². The summed E-state index contributed by atoms with van der Waals surface area (Å²) in [4.78, 5) is 0. The number of hydrogen-bond donors (Lipinski definition) is 0. The third kappa shape index (κ3) is 1.39. The molecule has 0 saturated carbocycles. The minimum atomic E-state index is 0.713. The van der Waals surface area contributed by atoms with E-state index < -0.39 is 0 Å². The Bertz CT molecular complexity index is 319. The van der Waals surface area contributed by atoms with Crippen molar-refractivity contribution in [1.29, 1.82) is 0 Å². The van der Waals surface area contributed by atoms with Gasteiger partial charge in [0.25, 0.3) is 0 Å². The predicted molar refractivity (Wildman–Crippen MR) is 53.4 cm³/mol. The first-order valence-corrected chi connectivity index (χ1v) is 4.73. The Morgan fingerprint density at radius 1 is 1.21 bits per heavy atom. The maximum absolute atomic E-state index is 5.58. The molecule has 0 spiro atoms. The van der Waals surface area contributed by atoms with E-state index in [1.165, 1.54) is 5.56 Å². The summed E-state index contributed by atoms with van der Waals surface area (Å²) in [6, 6.07) is 3.96. The van der Waals surface area contributed by atoms with Crippen LogP contribution in [0.1, 0.15) is 12.0 Å². The second-order valence-electron chi connectivity index (χ2n) is 3.24. The van der Waals surface area contributed by atoms with Crippen LogP contribution in [0.4, 0.5) is 0 Å². The van der Waals surface area contributed by atoms with E-state index in [9.17, 15) is 0 Å². The molecular weight excluding hydrogens is 180 g/mol. The Kier molecular flexibility index (Phi) is 2.48. The number of ether oxygens (including phenoxy) is 3. The molecule has 0 atom stereocenters. The minimum absolute atomic E-state index is 0.713. The van der Waals surface area contributed by atoms with Crippen LogP contribution in [-0.4, -0.2) is 20.8 Å². The lowest BCUT2D eigenvalue weighted by Crippen LogP contribution is -2.09. The summed E-state index contributed by atoms with van der Waals surface area (Å²) in [7, 11) is 3.27. The standard InChI is InChI=1S/C11H14O3/c1-12-9-6-5-8-4-3-7-14-10(8)11(9)13-2/h5-6H,3-4,7H2,1-2H3. The van der Waals surface area contributed by atoms with Gasteiger partial charge in [-0.05, 0) is 24.5 Å². The van der Waals surface area contributed by atoms with Crippen molar-refractivity contribution in [1.82, 2.24) is 0 Å². The van der Waals surface area contributed by atoms with Gasteiger partial charge in [0.1, 0.15) is 0 Å².